The summed E-state index contributed by atoms with van der Waals surface area (Å²) in [6.07, 6.45) is 1.97. The van der Waals surface area contributed by atoms with E-state index in [1.54, 1.807) is 18.2 Å². The topological polar surface area (TPSA) is 148 Å². The van der Waals surface area contributed by atoms with Crippen molar-refractivity contribution >= 4 is 46.7 Å². The van der Waals surface area contributed by atoms with E-state index in [4.69, 9.17) is 23.2 Å². The summed E-state index contributed by atoms with van der Waals surface area (Å²) in [5, 5.41) is 31.4. The van der Waals surface area contributed by atoms with Gasteiger partial charge in [-0.25, -0.2) is 4.79 Å². The quantitative estimate of drug-likeness (QED) is 0.141. The number of hydrogen-bond acceptors (Lipinski definition) is 8. The second-order valence-corrected chi connectivity index (χ2v) is 11.8. The maximum atomic E-state index is 12.9. The number of rotatable bonds is 11. The summed E-state index contributed by atoms with van der Waals surface area (Å²) in [6.45, 7) is 7.56. The molecular formula is C33H38Cl2N8O3. The summed E-state index contributed by atoms with van der Waals surface area (Å²) < 4.78 is 0. The largest absolute Gasteiger partial charge is 0.480 e. The fourth-order valence-corrected chi connectivity index (χ4v) is 5.49. The van der Waals surface area contributed by atoms with Gasteiger partial charge < -0.3 is 20.6 Å². The minimum atomic E-state index is -0.976. The summed E-state index contributed by atoms with van der Waals surface area (Å²) in [4.78, 5) is 30.5. The number of carboxylic acid groups (broad SMARTS) is 1. The van der Waals surface area contributed by atoms with E-state index in [1.807, 2.05) is 69.3 Å². The van der Waals surface area contributed by atoms with Gasteiger partial charge in [-0.05, 0) is 46.4 Å². The highest BCUT2D eigenvalue weighted by molar-refractivity contribution is 6.39. The predicted octanol–water partition coefficient (Wildman–Crippen LogP) is 6.53. The number of carbonyl (C=O) groups is 2. The molecule has 46 heavy (non-hydrogen) atoms. The van der Waals surface area contributed by atoms with Gasteiger partial charge in [0.1, 0.15) is 6.04 Å². The maximum Gasteiger partial charge on any atom is 0.326 e. The number of nitrogens with one attached hydrogen (secondary N) is 3. The van der Waals surface area contributed by atoms with Gasteiger partial charge >= 0.3 is 5.97 Å². The summed E-state index contributed by atoms with van der Waals surface area (Å²) in [6, 6.07) is 20.1. The summed E-state index contributed by atoms with van der Waals surface area (Å²) >= 11 is 12.0. The first-order valence-electron chi connectivity index (χ1n) is 15.1. The SMILES string of the molecule is CCCCC(=O)N(Cc1ccc(-c2ccccc2-c2nn[nH]n2)cc1)[C@H](C(=O)O)C(C)C.Clc1cccc(Cl)c1NC1=NCCN1. The number of nitrogens with zero attached hydrogens (tertiary/aromatic N) is 5. The molecule has 4 N–H and O–H groups in total. The number of tetrazole rings is 1. The second-order valence-electron chi connectivity index (χ2n) is 11.0. The van der Waals surface area contributed by atoms with Crippen molar-refractivity contribution in [2.24, 2.45) is 10.9 Å². The average Bonchev–Trinajstić information content (AvgIpc) is 3.77. The molecule has 1 aliphatic heterocycles. The molecule has 242 valence electrons. The Kier molecular flexibility index (Phi) is 12.5. The maximum absolute atomic E-state index is 12.9. The van der Waals surface area contributed by atoms with Gasteiger partial charge in [0.2, 0.25) is 11.7 Å². The number of carboxylic acids is 1. The Bertz CT molecular complexity index is 1610. The van der Waals surface area contributed by atoms with Crippen LogP contribution >= 0.6 is 23.2 Å². The number of aliphatic imine (C=N–C) groups is 1. The molecule has 0 unspecified atom stereocenters. The molecule has 0 bridgehead atoms. The molecule has 0 saturated heterocycles. The van der Waals surface area contributed by atoms with Crippen LogP contribution in [0.25, 0.3) is 22.5 Å². The molecule has 5 rings (SSSR count). The molecule has 13 heteroatoms. The van der Waals surface area contributed by atoms with E-state index in [9.17, 15) is 14.7 Å². The summed E-state index contributed by atoms with van der Waals surface area (Å²) in [7, 11) is 0. The number of aromatic nitrogens is 4. The monoisotopic (exact) mass is 664 g/mol. The number of H-pyrrole nitrogens is 1. The van der Waals surface area contributed by atoms with Gasteiger partial charge in [0.15, 0.2) is 5.96 Å². The zero-order valence-corrected chi connectivity index (χ0v) is 27.5. The van der Waals surface area contributed by atoms with Gasteiger partial charge in [-0.3, -0.25) is 9.79 Å². The first-order valence-corrected chi connectivity index (χ1v) is 15.9. The number of benzene rings is 3. The highest BCUT2D eigenvalue weighted by Gasteiger charge is 2.32. The summed E-state index contributed by atoms with van der Waals surface area (Å²) in [5.41, 5.74) is 4.36. The van der Waals surface area contributed by atoms with Crippen LogP contribution in [0.5, 0.6) is 0 Å². The number of aromatic amines is 1. The number of para-hydroxylation sites is 1. The molecule has 3 aromatic carbocycles. The lowest BCUT2D eigenvalue weighted by atomic mass is 9.97. The minimum Gasteiger partial charge on any atom is -0.480 e. The van der Waals surface area contributed by atoms with E-state index in [0.717, 1.165) is 54.1 Å². The lowest BCUT2D eigenvalue weighted by Gasteiger charge is -2.32. The van der Waals surface area contributed by atoms with Crippen LogP contribution in [0.4, 0.5) is 5.69 Å². The normalized spacial score (nSPS) is 12.9. The van der Waals surface area contributed by atoms with Crippen LogP contribution in [0.1, 0.15) is 45.6 Å². The highest BCUT2D eigenvalue weighted by Crippen LogP contribution is 2.31. The fraction of sp³-hybridized carbons (Fsp3) is 0.333. The van der Waals surface area contributed by atoms with Crippen molar-refractivity contribution in [3.05, 3.63) is 82.3 Å². The van der Waals surface area contributed by atoms with Gasteiger partial charge in [0.25, 0.3) is 0 Å². The van der Waals surface area contributed by atoms with Crippen molar-refractivity contribution in [2.45, 2.75) is 52.6 Å². The molecule has 11 nitrogen and oxygen atoms in total. The van der Waals surface area contributed by atoms with Gasteiger partial charge in [-0.15, -0.1) is 10.2 Å². The van der Waals surface area contributed by atoms with E-state index in [1.165, 1.54) is 4.90 Å². The number of hydrogen-bond donors (Lipinski definition) is 4. The number of carbonyl (C=O) groups excluding carboxylic acids is 1. The van der Waals surface area contributed by atoms with Crippen molar-refractivity contribution in [1.29, 1.82) is 0 Å². The lowest BCUT2D eigenvalue weighted by Crippen LogP contribution is -2.47. The van der Waals surface area contributed by atoms with Gasteiger partial charge in [0, 0.05) is 25.1 Å². The van der Waals surface area contributed by atoms with E-state index >= 15 is 0 Å². The van der Waals surface area contributed by atoms with Crippen molar-refractivity contribution in [3.8, 4) is 22.5 Å². The first-order chi connectivity index (χ1) is 22.2. The van der Waals surface area contributed by atoms with Crippen LogP contribution in [0.3, 0.4) is 0 Å². The zero-order valence-electron chi connectivity index (χ0n) is 26.0. The van der Waals surface area contributed by atoms with Crippen molar-refractivity contribution in [2.75, 3.05) is 18.4 Å². The number of aliphatic carboxylic acids is 1. The van der Waals surface area contributed by atoms with Crippen molar-refractivity contribution in [3.63, 3.8) is 0 Å². The minimum absolute atomic E-state index is 0.125. The fourth-order valence-electron chi connectivity index (χ4n) is 5.00. The molecule has 0 saturated carbocycles. The molecule has 2 heterocycles. The second kappa shape index (κ2) is 16.7. The number of amides is 1. The standard InChI is InChI=1S/C24H29N5O3.C9H9Cl2N3/c1-4-5-10-21(30)29(22(16(2)3)24(31)32)15-17-11-13-18(14-12-17)19-8-6-7-9-20(19)23-25-27-28-26-23;10-6-2-1-3-7(11)8(6)14-9-12-4-5-13-9/h6-9,11-14,16,22H,4-5,10,15H2,1-3H3,(H,31,32)(H,25,26,27,28);1-3H,4-5H2,(H2,12,13,14)/t22-;/m0./s1. The molecule has 4 aromatic rings. The van der Waals surface area contributed by atoms with Crippen LogP contribution in [-0.4, -0.2) is 67.6 Å². The molecule has 1 amide bonds. The Balaban J connectivity index is 0.000000284. The van der Waals surface area contributed by atoms with Crippen molar-refractivity contribution < 1.29 is 14.7 Å². The summed E-state index contributed by atoms with van der Waals surface area (Å²) in [5.74, 6) is -0.0622. The smallest absolute Gasteiger partial charge is 0.326 e. The molecule has 0 aliphatic carbocycles. The van der Waals surface area contributed by atoms with E-state index in [0.29, 0.717) is 28.0 Å². The Morgan fingerprint density at radius 1 is 1.00 bits per heavy atom. The average molecular weight is 666 g/mol. The third kappa shape index (κ3) is 9.04. The molecule has 0 fully saturated rings. The van der Waals surface area contributed by atoms with Crippen molar-refractivity contribution in [1.82, 2.24) is 30.8 Å². The van der Waals surface area contributed by atoms with Crippen LogP contribution in [0.2, 0.25) is 10.0 Å². The van der Waals surface area contributed by atoms with Gasteiger partial charge in [-0.1, -0.05) is 105 Å². The van der Waals surface area contributed by atoms with Gasteiger partial charge in [0.05, 0.1) is 22.3 Å². The van der Waals surface area contributed by atoms with Crippen LogP contribution < -0.4 is 10.6 Å². The molecule has 1 aliphatic rings. The molecule has 0 spiro atoms. The van der Waals surface area contributed by atoms with Gasteiger partial charge in [-0.2, -0.15) is 5.21 Å². The zero-order chi connectivity index (χ0) is 33.1. The third-order valence-corrected chi connectivity index (χ3v) is 7.93. The lowest BCUT2D eigenvalue weighted by molar-refractivity contribution is -0.153. The number of guanidine groups is 1. The Hall–Kier alpha value is -4.48. The van der Waals surface area contributed by atoms with E-state index in [-0.39, 0.29) is 18.4 Å². The molecule has 1 aromatic heterocycles. The Morgan fingerprint density at radius 2 is 1.70 bits per heavy atom. The number of unbranched alkanes of at least 4 members (excludes halogenated alkanes) is 1. The number of halogens is 2. The van der Waals surface area contributed by atoms with Crippen LogP contribution in [0, 0.1) is 5.92 Å². The predicted molar refractivity (Wildman–Crippen MR) is 182 cm³/mol. The third-order valence-electron chi connectivity index (χ3n) is 7.30. The van der Waals surface area contributed by atoms with E-state index in [2.05, 4.69) is 36.3 Å². The van der Waals surface area contributed by atoms with E-state index < -0.39 is 12.0 Å². The molecule has 1 atom stereocenters. The molecular weight excluding hydrogens is 627 g/mol. The molecule has 0 radical (unpaired) electrons. The first kappa shape index (κ1) is 34.4. The Morgan fingerprint density at radius 3 is 2.26 bits per heavy atom. The van der Waals surface area contributed by atoms with Crippen LogP contribution in [-0.2, 0) is 16.1 Å². The highest BCUT2D eigenvalue weighted by atomic mass is 35.5. The van der Waals surface area contributed by atoms with Crippen LogP contribution in [0.15, 0.2) is 71.7 Å². The number of anilines is 1. The Labute approximate surface area is 278 Å².